The molecular weight excluding hydrogens is 471 g/mol. The Morgan fingerprint density at radius 3 is 2.44 bits per heavy atom. The number of aromatic nitrogens is 1. The van der Waals surface area contributed by atoms with Gasteiger partial charge in [0.15, 0.2) is 0 Å². The van der Waals surface area contributed by atoms with Crippen LogP contribution in [0.4, 0.5) is 0 Å². The van der Waals surface area contributed by atoms with Gasteiger partial charge in [-0.3, -0.25) is 4.98 Å². The van der Waals surface area contributed by atoms with Crippen LogP contribution in [0.15, 0.2) is 48.0 Å². The molecule has 0 aliphatic carbocycles. The highest BCUT2D eigenvalue weighted by molar-refractivity contribution is 7.31. The highest BCUT2D eigenvalue weighted by Crippen LogP contribution is 2.46. The summed E-state index contributed by atoms with van der Waals surface area (Å²) >= 11 is 5.77. The van der Waals surface area contributed by atoms with Crippen LogP contribution in [0.3, 0.4) is 0 Å². The number of pyridine rings is 1. The third-order valence-electron chi connectivity index (χ3n) is 6.78. The van der Waals surface area contributed by atoms with E-state index in [0.29, 0.717) is 5.92 Å². The predicted octanol–water partition coefficient (Wildman–Crippen LogP) is 10.4. The number of nitrogens with zero attached hydrogens (tertiary/aromatic N) is 1. The standard InChI is InChI=1S/C30H29NS3/c1-16(2)13-24-17(3)20-7-8-21-25-23(33-29(21)28(20)34-24)9-11-31-26(25)19-14-18-10-12-32-27(18)22(15-19)30(4,5)6/h7-12,14-16H,13H2,1-6H3. The minimum absolute atomic E-state index is 0.0806. The van der Waals surface area contributed by atoms with Crippen molar-refractivity contribution in [3.05, 3.63) is 64.0 Å². The quantitative estimate of drug-likeness (QED) is 0.236. The van der Waals surface area contributed by atoms with Crippen molar-refractivity contribution in [1.82, 2.24) is 4.98 Å². The monoisotopic (exact) mass is 499 g/mol. The van der Waals surface area contributed by atoms with Crippen molar-refractivity contribution >= 4 is 74.4 Å². The van der Waals surface area contributed by atoms with Gasteiger partial charge in [0.2, 0.25) is 0 Å². The lowest BCUT2D eigenvalue weighted by atomic mass is 9.85. The van der Waals surface area contributed by atoms with Crippen LogP contribution in [-0.2, 0) is 11.8 Å². The van der Waals surface area contributed by atoms with E-state index in [9.17, 15) is 0 Å². The Balaban J connectivity index is 1.65. The normalized spacial score (nSPS) is 12.8. The van der Waals surface area contributed by atoms with E-state index in [2.05, 4.69) is 83.3 Å². The first-order valence-corrected chi connectivity index (χ1v) is 14.5. The van der Waals surface area contributed by atoms with Crippen LogP contribution in [0, 0.1) is 12.8 Å². The third-order valence-corrected chi connectivity index (χ3v) is 10.4. The summed E-state index contributed by atoms with van der Waals surface area (Å²) in [5, 5.41) is 7.60. The summed E-state index contributed by atoms with van der Waals surface area (Å²) in [6.07, 6.45) is 3.14. The van der Waals surface area contributed by atoms with Crippen molar-refractivity contribution in [3.63, 3.8) is 0 Å². The average Bonchev–Trinajstić information content (AvgIpc) is 3.47. The molecule has 0 unspecified atom stereocenters. The van der Waals surface area contributed by atoms with Crippen LogP contribution in [0.2, 0.25) is 0 Å². The first kappa shape index (κ1) is 22.2. The van der Waals surface area contributed by atoms with Crippen molar-refractivity contribution in [2.24, 2.45) is 5.92 Å². The van der Waals surface area contributed by atoms with E-state index in [1.54, 1.807) is 0 Å². The molecule has 0 aliphatic rings. The fraction of sp³-hybridized carbons (Fsp3) is 0.300. The highest BCUT2D eigenvalue weighted by Gasteiger charge is 2.22. The Labute approximate surface area is 213 Å². The molecule has 6 rings (SSSR count). The van der Waals surface area contributed by atoms with Crippen molar-refractivity contribution in [1.29, 1.82) is 0 Å². The van der Waals surface area contributed by atoms with Crippen molar-refractivity contribution < 1.29 is 0 Å². The molecule has 0 bridgehead atoms. The Kier molecular flexibility index (Phi) is 5.14. The maximum Gasteiger partial charge on any atom is 0.0795 e. The molecule has 0 saturated heterocycles. The summed E-state index contributed by atoms with van der Waals surface area (Å²) in [7, 11) is 0. The smallest absolute Gasteiger partial charge is 0.0795 e. The lowest BCUT2D eigenvalue weighted by Gasteiger charge is -2.21. The van der Waals surface area contributed by atoms with E-state index in [1.807, 2.05) is 40.2 Å². The van der Waals surface area contributed by atoms with Crippen LogP contribution in [0.1, 0.15) is 50.6 Å². The summed E-state index contributed by atoms with van der Waals surface area (Å²) in [6.45, 7) is 13.9. The van der Waals surface area contributed by atoms with Gasteiger partial charge in [-0.05, 0) is 76.2 Å². The second-order valence-electron chi connectivity index (χ2n) is 10.8. The predicted molar refractivity (Wildman–Crippen MR) is 155 cm³/mol. The minimum Gasteiger partial charge on any atom is -0.256 e. The average molecular weight is 500 g/mol. The second kappa shape index (κ2) is 7.87. The maximum atomic E-state index is 4.97. The number of thiophene rings is 3. The fourth-order valence-electron chi connectivity index (χ4n) is 5.07. The first-order chi connectivity index (χ1) is 16.2. The van der Waals surface area contributed by atoms with Gasteiger partial charge in [-0.25, -0.2) is 0 Å². The SMILES string of the molecule is Cc1c(CC(C)C)sc2c1ccc1c2sc2ccnc(-c3cc(C(C)(C)C)c4sccc4c3)c21. The summed E-state index contributed by atoms with van der Waals surface area (Å²) in [6, 6.07) is 13.9. The Hall–Kier alpha value is -2.27. The number of benzene rings is 2. The molecule has 0 radical (unpaired) electrons. The molecular formula is C30H29NS3. The number of hydrogen-bond acceptors (Lipinski definition) is 4. The number of rotatable bonds is 3. The molecule has 4 heterocycles. The van der Waals surface area contributed by atoms with Gasteiger partial charge >= 0.3 is 0 Å². The summed E-state index contributed by atoms with van der Waals surface area (Å²) in [4.78, 5) is 6.50. The van der Waals surface area contributed by atoms with Gasteiger partial charge in [0.1, 0.15) is 0 Å². The topological polar surface area (TPSA) is 12.9 Å². The largest absolute Gasteiger partial charge is 0.256 e. The van der Waals surface area contributed by atoms with E-state index in [4.69, 9.17) is 4.98 Å². The maximum absolute atomic E-state index is 4.97. The van der Waals surface area contributed by atoms with Crippen LogP contribution in [0.5, 0.6) is 0 Å². The summed E-state index contributed by atoms with van der Waals surface area (Å²) < 4.78 is 5.58. The second-order valence-corrected chi connectivity index (χ2v) is 13.9. The number of aryl methyl sites for hydroxylation is 1. The molecule has 172 valence electrons. The molecule has 34 heavy (non-hydrogen) atoms. The molecule has 1 nitrogen and oxygen atoms in total. The van der Waals surface area contributed by atoms with Gasteiger partial charge in [-0.2, -0.15) is 0 Å². The Bertz CT molecular complexity index is 1700. The molecule has 4 heteroatoms. The lowest BCUT2D eigenvalue weighted by molar-refractivity contribution is 0.597. The molecule has 0 fully saturated rings. The van der Waals surface area contributed by atoms with E-state index < -0.39 is 0 Å². The molecule has 0 saturated carbocycles. The van der Waals surface area contributed by atoms with E-state index in [-0.39, 0.29) is 5.41 Å². The molecule has 0 aliphatic heterocycles. The van der Waals surface area contributed by atoms with Crippen LogP contribution in [-0.4, -0.2) is 4.98 Å². The molecule has 2 aromatic carbocycles. The van der Waals surface area contributed by atoms with Gasteiger partial charge in [-0.15, -0.1) is 34.0 Å². The van der Waals surface area contributed by atoms with E-state index >= 15 is 0 Å². The zero-order valence-electron chi connectivity index (χ0n) is 20.6. The molecule has 6 aromatic rings. The van der Waals surface area contributed by atoms with Gasteiger partial charge in [0, 0.05) is 36.8 Å². The number of hydrogen-bond donors (Lipinski definition) is 0. The number of fused-ring (bicyclic) bond motifs is 6. The molecule has 0 amide bonds. The van der Waals surface area contributed by atoms with Crippen molar-refractivity contribution in [2.45, 2.75) is 53.4 Å². The first-order valence-electron chi connectivity index (χ1n) is 12.0. The minimum atomic E-state index is 0.0806. The molecule has 0 atom stereocenters. The summed E-state index contributed by atoms with van der Waals surface area (Å²) in [5.74, 6) is 0.671. The van der Waals surface area contributed by atoms with Gasteiger partial charge in [0.25, 0.3) is 0 Å². The van der Waals surface area contributed by atoms with Crippen LogP contribution < -0.4 is 0 Å². The van der Waals surface area contributed by atoms with E-state index in [1.165, 1.54) is 61.9 Å². The fourth-order valence-corrected chi connectivity index (χ4v) is 9.02. The van der Waals surface area contributed by atoms with Crippen LogP contribution in [0.25, 0.3) is 51.6 Å². The van der Waals surface area contributed by atoms with Gasteiger partial charge in [-0.1, -0.05) is 46.8 Å². The van der Waals surface area contributed by atoms with E-state index in [0.717, 1.165) is 12.1 Å². The third kappa shape index (κ3) is 3.42. The summed E-state index contributed by atoms with van der Waals surface area (Å²) in [5.41, 5.74) is 5.28. The molecule has 0 spiro atoms. The van der Waals surface area contributed by atoms with Gasteiger partial charge < -0.3 is 0 Å². The highest BCUT2D eigenvalue weighted by atomic mass is 32.1. The van der Waals surface area contributed by atoms with Crippen molar-refractivity contribution in [3.8, 4) is 11.3 Å². The zero-order chi connectivity index (χ0) is 23.8. The van der Waals surface area contributed by atoms with Crippen molar-refractivity contribution in [2.75, 3.05) is 0 Å². The Morgan fingerprint density at radius 2 is 1.68 bits per heavy atom. The zero-order valence-corrected chi connectivity index (χ0v) is 23.0. The lowest BCUT2D eigenvalue weighted by Crippen LogP contribution is -2.11. The molecule has 4 aromatic heterocycles. The van der Waals surface area contributed by atoms with Gasteiger partial charge in [0.05, 0.1) is 15.1 Å². The molecule has 0 N–H and O–H groups in total. The van der Waals surface area contributed by atoms with Crippen LogP contribution >= 0.6 is 34.0 Å². The Morgan fingerprint density at radius 1 is 0.912 bits per heavy atom.